The van der Waals surface area contributed by atoms with Crippen LogP contribution in [0, 0.1) is 0 Å². The molecular weight excluding hydrogens is 419 g/mol. The maximum absolute atomic E-state index is 13.0. The molecule has 1 aliphatic rings. The summed E-state index contributed by atoms with van der Waals surface area (Å²) < 4.78 is 39.1. The summed E-state index contributed by atoms with van der Waals surface area (Å²) >= 11 is 0. The second kappa shape index (κ2) is 7.08. The highest BCUT2D eigenvalue weighted by Crippen LogP contribution is 2.41. The van der Waals surface area contributed by atoms with Crippen LogP contribution in [0.4, 0.5) is 24.7 Å². The van der Waals surface area contributed by atoms with E-state index in [1.165, 1.54) is 6.20 Å². The van der Waals surface area contributed by atoms with Gasteiger partial charge in [0.2, 0.25) is 11.6 Å². The Labute approximate surface area is 180 Å². The van der Waals surface area contributed by atoms with Crippen molar-refractivity contribution >= 4 is 28.2 Å². The average molecular weight is 435 g/mol. The van der Waals surface area contributed by atoms with Crippen LogP contribution in [-0.4, -0.2) is 25.7 Å². The van der Waals surface area contributed by atoms with Crippen molar-refractivity contribution in [1.29, 1.82) is 0 Å². The summed E-state index contributed by atoms with van der Waals surface area (Å²) in [6.45, 7) is 4.17. The Morgan fingerprint density at radius 2 is 1.72 bits per heavy atom. The van der Waals surface area contributed by atoms with Crippen LogP contribution in [0.2, 0.25) is 0 Å². The van der Waals surface area contributed by atoms with Crippen molar-refractivity contribution in [3.05, 3.63) is 71.6 Å². The van der Waals surface area contributed by atoms with Gasteiger partial charge in [-0.15, -0.1) is 0 Å². The predicted molar refractivity (Wildman–Crippen MR) is 113 cm³/mol. The van der Waals surface area contributed by atoms with Gasteiger partial charge >= 0.3 is 6.18 Å². The minimum Gasteiger partial charge on any atom is -0.340 e. The highest BCUT2D eigenvalue weighted by atomic mass is 19.4. The Balaban J connectivity index is 1.59. The fraction of sp³-hybridized carbons (Fsp3) is 0.174. The molecule has 0 atom stereocenters. The lowest BCUT2D eigenvalue weighted by molar-refractivity contribution is -0.145. The summed E-state index contributed by atoms with van der Waals surface area (Å²) in [7, 11) is 0. The molecule has 1 N–H and O–H groups in total. The Bertz CT molecular complexity index is 1380. The van der Waals surface area contributed by atoms with Gasteiger partial charge in [-0.2, -0.15) is 13.2 Å². The van der Waals surface area contributed by atoms with Crippen LogP contribution in [-0.2, 0) is 6.18 Å². The molecule has 5 rings (SSSR count). The number of ketones is 1. The molecule has 6 nitrogen and oxygen atoms in total. The van der Waals surface area contributed by atoms with Gasteiger partial charge in [-0.3, -0.25) is 9.78 Å². The molecule has 0 radical (unpaired) electrons. The number of nitrogens with zero attached hydrogens (tertiary/aromatic N) is 4. The minimum atomic E-state index is -4.74. The lowest BCUT2D eigenvalue weighted by Crippen LogP contribution is -2.13. The lowest BCUT2D eigenvalue weighted by atomic mass is 10.0. The van der Waals surface area contributed by atoms with Crippen molar-refractivity contribution in [3.63, 3.8) is 0 Å². The molecule has 0 spiro atoms. The third-order valence-corrected chi connectivity index (χ3v) is 5.36. The molecule has 4 aromatic rings. The standard InChI is InChI=1S/C23H16F3N5O/c1-11(2)12-3-6-18(28-8-12)30-13-4-5-17-14(7-13)19-15-9-29-22(23(24,25)26)31-20(15)21(32)16(19)10-27-17/h3-11H,1-2H3,(H,28,30). The van der Waals surface area contributed by atoms with Crippen molar-refractivity contribution in [2.45, 2.75) is 25.9 Å². The quantitative estimate of drug-likeness (QED) is 0.402. The molecule has 3 heterocycles. The lowest BCUT2D eigenvalue weighted by Gasteiger charge is -2.11. The van der Waals surface area contributed by atoms with Crippen molar-refractivity contribution in [2.24, 2.45) is 0 Å². The van der Waals surface area contributed by atoms with Gasteiger partial charge in [0.05, 0.1) is 11.1 Å². The molecule has 0 unspecified atom stereocenters. The molecule has 0 saturated heterocycles. The number of rotatable bonds is 3. The fourth-order valence-corrected chi connectivity index (χ4v) is 3.70. The van der Waals surface area contributed by atoms with Crippen molar-refractivity contribution < 1.29 is 18.0 Å². The van der Waals surface area contributed by atoms with E-state index in [4.69, 9.17) is 0 Å². The van der Waals surface area contributed by atoms with Crippen LogP contribution in [0.15, 0.2) is 48.9 Å². The number of hydrogen-bond donors (Lipinski definition) is 1. The van der Waals surface area contributed by atoms with Gasteiger partial charge in [-0.25, -0.2) is 15.0 Å². The number of fused-ring (bicyclic) bond motifs is 5. The number of alkyl halides is 3. The zero-order valence-electron chi connectivity index (χ0n) is 17.0. The Morgan fingerprint density at radius 3 is 2.41 bits per heavy atom. The van der Waals surface area contributed by atoms with Crippen molar-refractivity contribution in [2.75, 3.05) is 5.32 Å². The van der Waals surface area contributed by atoms with Gasteiger partial charge in [0.25, 0.3) is 0 Å². The van der Waals surface area contributed by atoms with Crippen LogP contribution < -0.4 is 5.32 Å². The first-order valence-electron chi connectivity index (χ1n) is 9.87. The average Bonchev–Trinajstić information content (AvgIpc) is 3.05. The second-order valence-corrected chi connectivity index (χ2v) is 7.82. The minimum absolute atomic E-state index is 0.206. The molecule has 1 aliphatic carbocycles. The number of nitrogens with one attached hydrogen (secondary N) is 1. The zero-order valence-corrected chi connectivity index (χ0v) is 17.0. The molecule has 0 bridgehead atoms. The molecule has 32 heavy (non-hydrogen) atoms. The Kier molecular flexibility index (Phi) is 4.44. The number of aromatic nitrogens is 4. The number of carbonyl (C=O) groups is 1. The van der Waals surface area contributed by atoms with Crippen LogP contribution in [0.25, 0.3) is 22.0 Å². The van der Waals surface area contributed by atoms with Crippen LogP contribution in [0.5, 0.6) is 0 Å². The number of pyridine rings is 2. The van der Waals surface area contributed by atoms with Gasteiger partial charge in [0.1, 0.15) is 11.5 Å². The molecular formula is C23H16F3N5O. The summed E-state index contributed by atoms with van der Waals surface area (Å²) in [5.74, 6) is -0.929. The molecule has 0 aliphatic heterocycles. The summed E-state index contributed by atoms with van der Waals surface area (Å²) in [6, 6.07) is 9.25. The first-order valence-corrected chi connectivity index (χ1v) is 9.87. The van der Waals surface area contributed by atoms with E-state index in [1.807, 2.05) is 18.2 Å². The van der Waals surface area contributed by atoms with Gasteiger partial charge in [-0.1, -0.05) is 19.9 Å². The summed E-state index contributed by atoms with van der Waals surface area (Å²) in [5, 5.41) is 3.83. The van der Waals surface area contributed by atoms with Crippen LogP contribution in [0.1, 0.15) is 47.2 Å². The highest BCUT2D eigenvalue weighted by Gasteiger charge is 2.38. The van der Waals surface area contributed by atoms with E-state index in [1.54, 1.807) is 18.3 Å². The number of hydrogen-bond acceptors (Lipinski definition) is 6. The zero-order chi connectivity index (χ0) is 22.6. The normalized spacial score (nSPS) is 12.9. The van der Waals surface area contributed by atoms with E-state index in [0.717, 1.165) is 11.8 Å². The number of anilines is 2. The highest BCUT2D eigenvalue weighted by molar-refractivity contribution is 6.24. The largest absolute Gasteiger partial charge is 0.451 e. The first kappa shape index (κ1) is 20.0. The number of benzene rings is 1. The molecule has 3 aromatic heterocycles. The van der Waals surface area contributed by atoms with E-state index in [9.17, 15) is 18.0 Å². The SMILES string of the molecule is CC(C)c1ccc(Nc2ccc3ncc4c(c3c2)-c2cnc(C(F)(F)F)nc2C4=O)nc1. The summed E-state index contributed by atoms with van der Waals surface area (Å²) in [4.78, 5) is 28.4. The smallest absolute Gasteiger partial charge is 0.340 e. The predicted octanol–water partition coefficient (Wildman–Crippen LogP) is 5.52. The third-order valence-electron chi connectivity index (χ3n) is 5.36. The summed E-state index contributed by atoms with van der Waals surface area (Å²) in [5.41, 5.74) is 3.10. The van der Waals surface area contributed by atoms with E-state index < -0.39 is 17.8 Å². The second-order valence-electron chi connectivity index (χ2n) is 7.82. The van der Waals surface area contributed by atoms with Crippen molar-refractivity contribution in [1.82, 2.24) is 19.9 Å². The van der Waals surface area contributed by atoms with Crippen LogP contribution >= 0.6 is 0 Å². The molecule has 9 heteroatoms. The van der Waals surface area contributed by atoms with Crippen LogP contribution in [0.3, 0.4) is 0 Å². The fourth-order valence-electron chi connectivity index (χ4n) is 3.70. The van der Waals surface area contributed by atoms with E-state index in [0.29, 0.717) is 33.9 Å². The monoisotopic (exact) mass is 435 g/mol. The van der Waals surface area contributed by atoms with Crippen molar-refractivity contribution in [3.8, 4) is 11.1 Å². The molecule has 1 aromatic carbocycles. The third kappa shape index (κ3) is 3.26. The first-order chi connectivity index (χ1) is 15.2. The molecule has 0 saturated carbocycles. The maximum Gasteiger partial charge on any atom is 0.451 e. The van der Waals surface area contributed by atoms with Gasteiger partial charge in [0, 0.05) is 40.8 Å². The van der Waals surface area contributed by atoms with Gasteiger partial charge in [-0.05, 0) is 35.7 Å². The van der Waals surface area contributed by atoms with E-state index >= 15 is 0 Å². The summed E-state index contributed by atoms with van der Waals surface area (Å²) in [6.07, 6.45) is -0.508. The van der Waals surface area contributed by atoms with Gasteiger partial charge in [0.15, 0.2) is 0 Å². The van der Waals surface area contributed by atoms with Gasteiger partial charge < -0.3 is 5.32 Å². The van der Waals surface area contributed by atoms with E-state index in [-0.39, 0.29) is 16.8 Å². The molecule has 0 amide bonds. The van der Waals surface area contributed by atoms with E-state index in [2.05, 4.69) is 39.1 Å². The molecule has 0 fully saturated rings. The Morgan fingerprint density at radius 1 is 0.938 bits per heavy atom. The maximum atomic E-state index is 13.0. The number of carbonyl (C=O) groups excluding carboxylic acids is 1. The Hall–Kier alpha value is -3.88. The number of halogens is 3. The topological polar surface area (TPSA) is 80.7 Å². The molecule has 160 valence electrons.